The van der Waals surface area contributed by atoms with E-state index in [1.54, 1.807) is 0 Å². The normalized spacial score (nSPS) is 13.6. The van der Waals surface area contributed by atoms with Crippen LogP contribution in [0.5, 0.6) is 0 Å². The molecule has 3 N–H and O–H groups in total. The fraction of sp³-hybridized carbons (Fsp3) is 0.409. The zero-order valence-corrected chi connectivity index (χ0v) is 16.3. The highest BCUT2D eigenvalue weighted by atomic mass is 16.2. The summed E-state index contributed by atoms with van der Waals surface area (Å²) >= 11 is 0. The van der Waals surface area contributed by atoms with Crippen LogP contribution in [0.2, 0.25) is 0 Å². The third-order valence-electron chi connectivity index (χ3n) is 4.74. The molecule has 0 aliphatic carbocycles. The lowest BCUT2D eigenvalue weighted by Crippen LogP contribution is -2.93. The second kappa shape index (κ2) is 8.30. The zero-order valence-electron chi connectivity index (χ0n) is 16.3. The predicted octanol–water partition coefficient (Wildman–Crippen LogP) is 3.90. The van der Waals surface area contributed by atoms with Gasteiger partial charge in [-0.3, -0.25) is 4.79 Å². The molecule has 0 bridgehead atoms. The average Bonchev–Trinajstić information content (AvgIpc) is 2.55. The van der Waals surface area contributed by atoms with E-state index in [1.165, 1.54) is 11.1 Å². The maximum absolute atomic E-state index is 12.7. The summed E-state index contributed by atoms with van der Waals surface area (Å²) in [7, 11) is 0. The number of anilines is 1. The third kappa shape index (κ3) is 4.93. The number of quaternary nitrogens is 1. The molecule has 134 valence electrons. The minimum Gasteiger partial charge on any atom is -0.330 e. The maximum Gasteiger partial charge on any atom is 0.282 e. The van der Waals surface area contributed by atoms with Gasteiger partial charge < -0.3 is 10.6 Å². The van der Waals surface area contributed by atoms with Crippen LogP contribution in [-0.4, -0.2) is 11.9 Å². The Labute approximate surface area is 151 Å². The lowest BCUT2D eigenvalue weighted by atomic mass is 9.95. The second-order valence-corrected chi connectivity index (χ2v) is 7.42. The lowest BCUT2D eigenvalue weighted by molar-refractivity contribution is -0.718. The largest absolute Gasteiger partial charge is 0.330 e. The van der Waals surface area contributed by atoms with Crippen LogP contribution in [0.25, 0.3) is 0 Å². The van der Waals surface area contributed by atoms with E-state index < -0.39 is 0 Å². The third-order valence-corrected chi connectivity index (χ3v) is 4.74. The Hall–Kier alpha value is -2.13. The van der Waals surface area contributed by atoms with Crippen molar-refractivity contribution in [2.45, 2.75) is 53.6 Å². The SMILES string of the molecule is Cc1cc(C)c(NC(=O)[C@@H](C)[NH2+][C@H](c2ccccc2)C(C)C)c(C)c1. The molecule has 3 nitrogen and oxygen atoms in total. The predicted molar refractivity (Wildman–Crippen MR) is 105 cm³/mol. The van der Waals surface area contributed by atoms with E-state index in [-0.39, 0.29) is 18.0 Å². The second-order valence-electron chi connectivity index (χ2n) is 7.42. The smallest absolute Gasteiger partial charge is 0.282 e. The molecule has 0 saturated carbocycles. The first-order valence-corrected chi connectivity index (χ1v) is 9.08. The lowest BCUT2D eigenvalue weighted by Gasteiger charge is -2.23. The van der Waals surface area contributed by atoms with Crippen molar-refractivity contribution in [1.82, 2.24) is 0 Å². The molecule has 0 aliphatic rings. The highest BCUT2D eigenvalue weighted by Crippen LogP contribution is 2.22. The number of nitrogens with two attached hydrogens (primary N) is 1. The van der Waals surface area contributed by atoms with Crippen molar-refractivity contribution in [1.29, 1.82) is 0 Å². The Morgan fingerprint density at radius 1 is 0.960 bits per heavy atom. The van der Waals surface area contributed by atoms with Crippen molar-refractivity contribution >= 4 is 11.6 Å². The Kier molecular flexibility index (Phi) is 6.38. The van der Waals surface area contributed by atoms with Crippen molar-refractivity contribution in [2.24, 2.45) is 5.92 Å². The summed E-state index contributed by atoms with van der Waals surface area (Å²) in [5.74, 6) is 0.497. The first-order valence-electron chi connectivity index (χ1n) is 9.08. The van der Waals surface area contributed by atoms with Crippen LogP contribution < -0.4 is 10.6 Å². The Balaban J connectivity index is 2.12. The van der Waals surface area contributed by atoms with Crippen LogP contribution in [0.1, 0.15) is 49.1 Å². The molecule has 0 saturated heterocycles. The van der Waals surface area contributed by atoms with Crippen LogP contribution in [0, 0.1) is 26.7 Å². The van der Waals surface area contributed by atoms with Crippen LogP contribution >= 0.6 is 0 Å². The van der Waals surface area contributed by atoms with Gasteiger partial charge in [0.15, 0.2) is 6.04 Å². The first-order chi connectivity index (χ1) is 11.8. The molecule has 2 rings (SSSR count). The summed E-state index contributed by atoms with van der Waals surface area (Å²) in [4.78, 5) is 12.7. The number of carbonyl (C=O) groups excluding carboxylic acids is 1. The van der Waals surface area contributed by atoms with Gasteiger partial charge >= 0.3 is 0 Å². The van der Waals surface area contributed by atoms with Crippen molar-refractivity contribution in [2.75, 3.05) is 5.32 Å². The molecule has 2 aromatic carbocycles. The number of aryl methyl sites for hydroxylation is 3. The number of hydrogen-bond donors (Lipinski definition) is 2. The number of amides is 1. The van der Waals surface area contributed by atoms with E-state index in [0.717, 1.165) is 16.8 Å². The molecule has 2 aromatic rings. The van der Waals surface area contributed by atoms with E-state index >= 15 is 0 Å². The fourth-order valence-electron chi connectivity index (χ4n) is 3.41. The molecule has 2 atom stereocenters. The van der Waals surface area contributed by atoms with Crippen LogP contribution in [-0.2, 0) is 4.79 Å². The van der Waals surface area contributed by atoms with Crippen LogP contribution in [0.4, 0.5) is 5.69 Å². The molecule has 0 aliphatic heterocycles. The highest BCUT2D eigenvalue weighted by molar-refractivity contribution is 5.95. The first kappa shape index (κ1) is 19.2. The minimum atomic E-state index is -0.160. The van der Waals surface area contributed by atoms with Crippen molar-refractivity contribution in [3.63, 3.8) is 0 Å². The maximum atomic E-state index is 12.7. The van der Waals surface area contributed by atoms with Gasteiger partial charge in [0, 0.05) is 17.2 Å². The van der Waals surface area contributed by atoms with Gasteiger partial charge in [-0.15, -0.1) is 0 Å². The monoisotopic (exact) mass is 339 g/mol. The number of carbonyl (C=O) groups is 1. The summed E-state index contributed by atoms with van der Waals surface area (Å²) in [6.07, 6.45) is 0. The average molecular weight is 340 g/mol. The topological polar surface area (TPSA) is 45.7 Å². The minimum absolute atomic E-state index is 0.0524. The molecule has 0 heterocycles. The molecule has 0 radical (unpaired) electrons. The summed E-state index contributed by atoms with van der Waals surface area (Å²) in [6, 6.07) is 14.7. The van der Waals surface area contributed by atoms with Crippen LogP contribution in [0.15, 0.2) is 42.5 Å². The van der Waals surface area contributed by atoms with Crippen molar-refractivity contribution in [3.05, 3.63) is 64.7 Å². The number of nitrogens with one attached hydrogen (secondary N) is 1. The van der Waals surface area contributed by atoms with Gasteiger partial charge in [-0.1, -0.05) is 61.9 Å². The van der Waals surface area contributed by atoms with E-state index in [0.29, 0.717) is 5.92 Å². The fourth-order valence-corrected chi connectivity index (χ4v) is 3.41. The Morgan fingerprint density at radius 3 is 2.04 bits per heavy atom. The van der Waals surface area contributed by atoms with Crippen molar-refractivity contribution < 1.29 is 10.1 Å². The van der Waals surface area contributed by atoms with Crippen molar-refractivity contribution in [3.8, 4) is 0 Å². The standard InChI is InChI=1S/C22H30N2O/c1-14(2)20(19-10-8-7-9-11-19)23-18(6)22(25)24-21-16(4)12-15(3)13-17(21)5/h7-14,18,20,23H,1-6H3,(H,24,25)/p+1/t18-,20+/m1/s1. The van der Waals surface area contributed by atoms with Gasteiger partial charge in [0.2, 0.25) is 0 Å². The van der Waals surface area contributed by atoms with Gasteiger partial charge in [-0.25, -0.2) is 0 Å². The molecule has 25 heavy (non-hydrogen) atoms. The van der Waals surface area contributed by atoms with Gasteiger partial charge in [0.05, 0.1) is 0 Å². The number of hydrogen-bond acceptors (Lipinski definition) is 1. The molecule has 3 heteroatoms. The molecular weight excluding hydrogens is 308 g/mol. The van der Waals surface area contributed by atoms with E-state index in [1.807, 2.05) is 26.8 Å². The Bertz CT molecular complexity index is 699. The van der Waals surface area contributed by atoms with E-state index in [4.69, 9.17) is 0 Å². The molecule has 1 amide bonds. The summed E-state index contributed by atoms with van der Waals surface area (Å²) in [5, 5.41) is 5.31. The van der Waals surface area contributed by atoms with Gasteiger partial charge in [0.1, 0.15) is 6.04 Å². The molecule has 0 fully saturated rings. The summed E-state index contributed by atoms with van der Waals surface area (Å²) in [6.45, 7) is 12.6. The highest BCUT2D eigenvalue weighted by Gasteiger charge is 2.26. The quantitative estimate of drug-likeness (QED) is 0.824. The molecular formula is C22H31N2O+. The number of rotatable bonds is 6. The number of benzene rings is 2. The van der Waals surface area contributed by atoms with Gasteiger partial charge in [-0.2, -0.15) is 0 Å². The van der Waals surface area contributed by atoms with Gasteiger partial charge in [0.25, 0.3) is 5.91 Å². The zero-order chi connectivity index (χ0) is 18.6. The van der Waals surface area contributed by atoms with Gasteiger partial charge in [-0.05, 0) is 38.8 Å². The van der Waals surface area contributed by atoms with Crippen LogP contribution in [0.3, 0.4) is 0 Å². The van der Waals surface area contributed by atoms with E-state index in [9.17, 15) is 4.79 Å². The summed E-state index contributed by atoms with van der Waals surface area (Å²) < 4.78 is 0. The Morgan fingerprint density at radius 2 is 1.52 bits per heavy atom. The molecule has 0 spiro atoms. The van der Waals surface area contributed by atoms with E-state index in [2.05, 4.69) is 67.8 Å². The molecule has 0 unspecified atom stereocenters. The summed E-state index contributed by atoms with van der Waals surface area (Å²) in [5.41, 5.74) is 5.65. The molecule has 0 aromatic heterocycles.